The molecule has 5 heteroatoms. The third-order valence-electron chi connectivity index (χ3n) is 5.74. The highest BCUT2D eigenvalue weighted by atomic mass is 16.4. The number of rotatable bonds is 6. The molecule has 0 radical (unpaired) electrons. The van der Waals surface area contributed by atoms with E-state index in [0.717, 1.165) is 26.2 Å². The number of nitrogens with zero attached hydrogens (tertiary/aromatic N) is 2. The minimum Gasteiger partial charge on any atom is -0.475 e. The van der Waals surface area contributed by atoms with Crippen LogP contribution in [0.5, 0.6) is 0 Å². The van der Waals surface area contributed by atoms with Gasteiger partial charge in [-0.2, -0.15) is 0 Å². The molecule has 1 saturated heterocycles. The van der Waals surface area contributed by atoms with Gasteiger partial charge in [0.05, 0.1) is 12.1 Å². The largest absolute Gasteiger partial charge is 0.475 e. The maximum atomic E-state index is 11.1. The van der Waals surface area contributed by atoms with Crippen LogP contribution in [-0.2, 0) is 0 Å². The van der Waals surface area contributed by atoms with Crippen molar-refractivity contribution in [3.63, 3.8) is 0 Å². The summed E-state index contributed by atoms with van der Waals surface area (Å²) in [5, 5.41) is 9.09. The molecular weight excluding hydrogens is 364 g/mol. The third-order valence-corrected chi connectivity index (χ3v) is 5.74. The number of hydrogen-bond acceptors (Lipinski definition) is 4. The van der Waals surface area contributed by atoms with Crippen molar-refractivity contribution >= 4 is 5.97 Å². The van der Waals surface area contributed by atoms with Crippen LogP contribution in [0.4, 0.5) is 0 Å². The van der Waals surface area contributed by atoms with Gasteiger partial charge in [0.2, 0.25) is 5.76 Å². The van der Waals surface area contributed by atoms with Crippen LogP contribution in [-0.4, -0.2) is 47.1 Å². The first-order chi connectivity index (χ1) is 14.1. The summed E-state index contributed by atoms with van der Waals surface area (Å²) in [6.45, 7) is 5.75. The number of benzene rings is 2. The average Bonchev–Trinajstić information content (AvgIpc) is 3.26. The second-order valence-corrected chi connectivity index (χ2v) is 7.48. The van der Waals surface area contributed by atoms with Crippen molar-refractivity contribution in [2.24, 2.45) is 0 Å². The van der Waals surface area contributed by atoms with Gasteiger partial charge in [0.15, 0.2) is 0 Å². The molecular formula is C24H26N2O3. The fourth-order valence-corrected chi connectivity index (χ4v) is 4.14. The Morgan fingerprint density at radius 2 is 1.34 bits per heavy atom. The van der Waals surface area contributed by atoms with Crippen LogP contribution < -0.4 is 0 Å². The summed E-state index contributed by atoms with van der Waals surface area (Å²) in [7, 11) is 0. The summed E-state index contributed by atoms with van der Waals surface area (Å²) in [5.41, 5.74) is 2.61. The zero-order chi connectivity index (χ0) is 20.2. The Morgan fingerprint density at radius 1 is 0.828 bits per heavy atom. The maximum absolute atomic E-state index is 11.1. The van der Waals surface area contributed by atoms with E-state index in [4.69, 9.17) is 9.52 Å². The van der Waals surface area contributed by atoms with Crippen molar-refractivity contribution in [3.05, 3.63) is 95.4 Å². The molecule has 1 N–H and O–H groups in total. The van der Waals surface area contributed by atoms with Gasteiger partial charge in [-0.05, 0) is 30.2 Å². The number of aromatic carboxylic acids is 1. The van der Waals surface area contributed by atoms with Crippen LogP contribution in [0.1, 0.15) is 46.4 Å². The van der Waals surface area contributed by atoms with E-state index in [-0.39, 0.29) is 17.8 Å². The Balaban J connectivity index is 1.48. The van der Waals surface area contributed by atoms with Gasteiger partial charge < -0.3 is 9.52 Å². The van der Waals surface area contributed by atoms with Gasteiger partial charge in [0, 0.05) is 26.2 Å². The van der Waals surface area contributed by atoms with E-state index in [2.05, 4.69) is 77.4 Å². The fraction of sp³-hybridized carbons (Fsp3) is 0.292. The monoisotopic (exact) mass is 390 g/mol. The standard InChI is InChI=1S/C24H26N2O3/c1-18(21-12-13-22(29-21)24(27)28)25-14-16-26(17-15-25)23(19-8-4-2-5-9-19)20-10-6-3-7-11-20/h2-13,18,23H,14-17H2,1H3,(H,27,28). The molecule has 1 atom stereocenters. The molecule has 2 heterocycles. The molecule has 2 aromatic carbocycles. The molecule has 0 aliphatic carbocycles. The minimum atomic E-state index is -1.03. The van der Waals surface area contributed by atoms with E-state index in [1.165, 1.54) is 17.2 Å². The lowest BCUT2D eigenvalue weighted by molar-refractivity contribution is 0.0634. The first kappa shape index (κ1) is 19.4. The van der Waals surface area contributed by atoms with Crippen LogP contribution in [0.2, 0.25) is 0 Å². The average molecular weight is 390 g/mol. The zero-order valence-electron chi connectivity index (χ0n) is 16.6. The third kappa shape index (κ3) is 4.26. The Morgan fingerprint density at radius 3 is 1.83 bits per heavy atom. The molecule has 1 fully saturated rings. The zero-order valence-corrected chi connectivity index (χ0v) is 16.6. The Kier molecular flexibility index (Phi) is 5.79. The van der Waals surface area contributed by atoms with Crippen LogP contribution in [0, 0.1) is 0 Å². The predicted octanol–water partition coefficient (Wildman–Crippen LogP) is 4.45. The lowest BCUT2D eigenvalue weighted by Crippen LogP contribution is -2.48. The molecule has 1 aliphatic heterocycles. The number of piperazine rings is 1. The van der Waals surface area contributed by atoms with Crippen LogP contribution in [0.25, 0.3) is 0 Å². The van der Waals surface area contributed by atoms with Gasteiger partial charge in [-0.3, -0.25) is 9.80 Å². The second-order valence-electron chi connectivity index (χ2n) is 7.48. The molecule has 29 heavy (non-hydrogen) atoms. The van der Waals surface area contributed by atoms with Crippen molar-refractivity contribution in [2.45, 2.75) is 19.0 Å². The quantitative estimate of drug-likeness (QED) is 0.674. The van der Waals surface area contributed by atoms with E-state index in [1.54, 1.807) is 6.07 Å². The number of furan rings is 1. The molecule has 1 aromatic heterocycles. The van der Waals surface area contributed by atoms with Gasteiger partial charge >= 0.3 is 5.97 Å². The number of carboxylic acid groups (broad SMARTS) is 1. The Bertz CT molecular complexity index is 892. The highest BCUT2D eigenvalue weighted by Gasteiger charge is 2.29. The summed E-state index contributed by atoms with van der Waals surface area (Å²) in [6, 6.07) is 24.9. The molecule has 4 rings (SSSR count). The van der Waals surface area contributed by atoms with E-state index in [0.29, 0.717) is 5.76 Å². The Labute approximate surface area is 171 Å². The summed E-state index contributed by atoms with van der Waals surface area (Å²) in [6.07, 6.45) is 0. The van der Waals surface area contributed by atoms with Gasteiger partial charge in [-0.1, -0.05) is 60.7 Å². The fourth-order valence-electron chi connectivity index (χ4n) is 4.14. The van der Waals surface area contributed by atoms with Gasteiger partial charge in [-0.15, -0.1) is 0 Å². The number of carbonyl (C=O) groups is 1. The van der Waals surface area contributed by atoms with Crippen LogP contribution in [0.15, 0.2) is 77.2 Å². The van der Waals surface area contributed by atoms with Gasteiger partial charge in [0.25, 0.3) is 0 Å². The summed E-state index contributed by atoms with van der Waals surface area (Å²) >= 11 is 0. The molecule has 0 bridgehead atoms. The molecule has 1 unspecified atom stereocenters. The minimum absolute atomic E-state index is 0.00120. The van der Waals surface area contributed by atoms with Crippen LogP contribution >= 0.6 is 0 Å². The second kappa shape index (κ2) is 8.64. The summed E-state index contributed by atoms with van der Waals surface area (Å²) < 4.78 is 5.52. The lowest BCUT2D eigenvalue weighted by atomic mass is 9.96. The number of hydrogen-bond donors (Lipinski definition) is 1. The molecule has 0 amide bonds. The van der Waals surface area contributed by atoms with Crippen LogP contribution in [0.3, 0.4) is 0 Å². The molecule has 0 saturated carbocycles. The lowest BCUT2D eigenvalue weighted by Gasteiger charge is -2.41. The van der Waals surface area contributed by atoms with Crippen molar-refractivity contribution in [1.29, 1.82) is 0 Å². The van der Waals surface area contributed by atoms with Crippen molar-refractivity contribution in [2.75, 3.05) is 26.2 Å². The predicted molar refractivity (Wildman–Crippen MR) is 112 cm³/mol. The van der Waals surface area contributed by atoms with E-state index in [1.807, 2.05) is 0 Å². The van der Waals surface area contributed by atoms with Crippen molar-refractivity contribution in [3.8, 4) is 0 Å². The first-order valence-electron chi connectivity index (χ1n) is 10.0. The number of carboxylic acids is 1. The first-order valence-corrected chi connectivity index (χ1v) is 10.0. The highest BCUT2D eigenvalue weighted by Crippen LogP contribution is 2.31. The van der Waals surface area contributed by atoms with Crippen molar-refractivity contribution in [1.82, 2.24) is 9.80 Å². The molecule has 0 spiro atoms. The highest BCUT2D eigenvalue weighted by molar-refractivity contribution is 5.84. The SMILES string of the molecule is CC(c1ccc(C(=O)O)o1)N1CCN(C(c2ccccc2)c2ccccc2)CC1. The van der Waals surface area contributed by atoms with E-state index >= 15 is 0 Å². The van der Waals surface area contributed by atoms with E-state index in [9.17, 15) is 4.79 Å². The van der Waals surface area contributed by atoms with Crippen molar-refractivity contribution < 1.29 is 14.3 Å². The smallest absolute Gasteiger partial charge is 0.371 e. The van der Waals surface area contributed by atoms with Gasteiger partial charge in [0.1, 0.15) is 5.76 Å². The topological polar surface area (TPSA) is 56.9 Å². The molecule has 1 aliphatic rings. The van der Waals surface area contributed by atoms with Gasteiger partial charge in [-0.25, -0.2) is 4.79 Å². The maximum Gasteiger partial charge on any atom is 0.371 e. The molecule has 150 valence electrons. The normalized spacial score (nSPS) is 16.8. The summed E-state index contributed by atoms with van der Waals surface area (Å²) in [4.78, 5) is 16.0. The summed E-state index contributed by atoms with van der Waals surface area (Å²) in [5.74, 6) is -0.320. The Hall–Kier alpha value is -2.89. The molecule has 5 nitrogen and oxygen atoms in total. The molecule has 3 aromatic rings. The van der Waals surface area contributed by atoms with E-state index < -0.39 is 5.97 Å².